The Morgan fingerprint density at radius 1 is 0.938 bits per heavy atom. The van der Waals surface area contributed by atoms with Crippen molar-refractivity contribution in [2.75, 3.05) is 18.2 Å². The minimum absolute atomic E-state index is 0.0810. The summed E-state index contributed by atoms with van der Waals surface area (Å²) in [6.45, 7) is 1.93. The Balaban J connectivity index is 1.34. The molecule has 1 aromatic heterocycles. The van der Waals surface area contributed by atoms with E-state index < -0.39 is 36.4 Å². The Kier molecular flexibility index (Phi) is 11.8. The zero-order valence-corrected chi connectivity index (χ0v) is 27.3. The first-order valence-corrected chi connectivity index (χ1v) is 16.3. The molecular formula is C36H37N3O8S. The average Bonchev–Trinajstić information content (AvgIpc) is 3.11. The molecule has 0 saturated carbocycles. The van der Waals surface area contributed by atoms with Gasteiger partial charge in [-0.05, 0) is 41.0 Å². The van der Waals surface area contributed by atoms with Gasteiger partial charge in [0.1, 0.15) is 11.1 Å². The average molecular weight is 672 g/mol. The molecule has 1 aliphatic rings. The summed E-state index contributed by atoms with van der Waals surface area (Å²) in [5.41, 5.74) is 3.75. The maximum absolute atomic E-state index is 13.0. The summed E-state index contributed by atoms with van der Waals surface area (Å²) in [7, 11) is 1.27. The lowest BCUT2D eigenvalue weighted by atomic mass is 9.91. The Hall–Kier alpha value is -4.75. The number of carbonyl (C=O) groups is 3. The molecule has 2 amide bonds. The molecule has 250 valence electrons. The van der Waals surface area contributed by atoms with Crippen LogP contribution in [-0.2, 0) is 32.0 Å². The smallest absolute Gasteiger partial charge is 0.338 e. The predicted molar refractivity (Wildman–Crippen MR) is 179 cm³/mol. The highest BCUT2D eigenvalue weighted by molar-refractivity contribution is 7.99. The molecule has 2 heterocycles. The summed E-state index contributed by atoms with van der Waals surface area (Å²) in [6, 6.07) is 25.5. The molecule has 4 aromatic rings. The van der Waals surface area contributed by atoms with Gasteiger partial charge in [0.05, 0.1) is 31.5 Å². The van der Waals surface area contributed by atoms with Gasteiger partial charge in [-0.2, -0.15) is 0 Å². The first kappa shape index (κ1) is 34.6. The Bertz CT molecular complexity index is 1710. The number of carboxylic acids is 1. The number of pyridine rings is 1. The zero-order chi connectivity index (χ0) is 34.0. The number of aliphatic hydroxyl groups excluding tert-OH is 1. The van der Waals surface area contributed by atoms with Crippen LogP contribution in [0.5, 0.6) is 0 Å². The minimum atomic E-state index is -1.06. The van der Waals surface area contributed by atoms with Crippen molar-refractivity contribution in [2.45, 2.75) is 49.5 Å². The van der Waals surface area contributed by atoms with E-state index in [-0.39, 0.29) is 30.6 Å². The molecule has 12 heteroatoms. The van der Waals surface area contributed by atoms with E-state index in [4.69, 9.17) is 14.2 Å². The van der Waals surface area contributed by atoms with E-state index in [1.54, 1.807) is 30.5 Å². The fourth-order valence-corrected chi connectivity index (χ4v) is 6.56. The maximum Gasteiger partial charge on any atom is 0.338 e. The molecule has 5 rings (SSSR count). The third kappa shape index (κ3) is 8.78. The van der Waals surface area contributed by atoms with Crippen molar-refractivity contribution in [1.82, 2.24) is 10.3 Å². The lowest BCUT2D eigenvalue weighted by Gasteiger charge is -2.41. The van der Waals surface area contributed by atoms with Crippen LogP contribution in [0, 0.1) is 5.92 Å². The summed E-state index contributed by atoms with van der Waals surface area (Å²) < 4.78 is 17.9. The minimum Gasteiger partial charge on any atom is -0.478 e. The van der Waals surface area contributed by atoms with Gasteiger partial charge in [0.2, 0.25) is 0 Å². The Morgan fingerprint density at radius 2 is 1.71 bits per heavy atom. The predicted octanol–water partition coefficient (Wildman–Crippen LogP) is 5.76. The Morgan fingerprint density at radius 3 is 2.42 bits per heavy atom. The molecule has 1 fully saturated rings. The molecule has 4 N–H and O–H groups in total. The first-order valence-electron chi connectivity index (χ1n) is 15.4. The molecule has 1 aliphatic heterocycles. The number of anilines is 1. The first-order chi connectivity index (χ1) is 23.2. The summed E-state index contributed by atoms with van der Waals surface area (Å²) in [6.07, 6.45) is 0.209. The van der Waals surface area contributed by atoms with Crippen LogP contribution in [0.2, 0.25) is 0 Å². The number of aromatic nitrogens is 1. The third-order valence-corrected chi connectivity index (χ3v) is 9.09. The van der Waals surface area contributed by atoms with Crippen LogP contribution in [0.15, 0.2) is 102 Å². The summed E-state index contributed by atoms with van der Waals surface area (Å²) in [4.78, 5) is 41.6. The number of hydrogen-bond donors (Lipinski definition) is 4. The number of esters is 1. The number of carbonyl (C=O) groups excluding carboxylic acids is 2. The number of hydrogen-bond acceptors (Lipinski definition) is 9. The van der Waals surface area contributed by atoms with Gasteiger partial charge in [-0.25, -0.2) is 19.4 Å². The summed E-state index contributed by atoms with van der Waals surface area (Å²) in [5, 5.41) is 25.1. The lowest BCUT2D eigenvalue weighted by Crippen LogP contribution is -2.45. The molecule has 0 aliphatic carbocycles. The maximum atomic E-state index is 13.0. The fourth-order valence-electron chi connectivity index (χ4n) is 5.41. The number of rotatable bonds is 12. The van der Waals surface area contributed by atoms with E-state index in [0.717, 1.165) is 16.7 Å². The van der Waals surface area contributed by atoms with E-state index in [1.165, 1.54) is 24.9 Å². The van der Waals surface area contributed by atoms with Crippen molar-refractivity contribution in [3.63, 3.8) is 0 Å². The van der Waals surface area contributed by atoms with E-state index in [9.17, 15) is 24.6 Å². The van der Waals surface area contributed by atoms with E-state index in [1.807, 2.05) is 67.6 Å². The molecule has 1 saturated heterocycles. The molecule has 11 nitrogen and oxygen atoms in total. The van der Waals surface area contributed by atoms with Gasteiger partial charge in [0.25, 0.3) is 0 Å². The monoisotopic (exact) mass is 671 g/mol. The van der Waals surface area contributed by atoms with Gasteiger partial charge < -0.3 is 35.1 Å². The van der Waals surface area contributed by atoms with Crippen LogP contribution in [0.25, 0.3) is 0 Å². The normalized spacial score (nSPS) is 19.6. The Labute approximate surface area is 282 Å². The van der Waals surface area contributed by atoms with Crippen LogP contribution in [0.1, 0.15) is 51.9 Å². The standard InChI is InChI=1S/C36H37N3O8S/c1-22-30(21-48-32-28(33(41)42)12-7-17-37-32)46-35(47-31(22)25-15-13-24(20-40)14-16-25)26-10-6-11-27(19-26)38-36(44)39-29(34(43)45-2)18-23-8-4-3-5-9-23/h3-17,19,22,29-31,35,40H,18,20-21H2,1-2H3,(H,41,42)(H2,38,39,44)/t22-,29-,30+,31+,35+/m0/s1. The number of nitrogens with one attached hydrogen (secondary N) is 2. The number of nitrogens with zero attached hydrogens (tertiary/aromatic N) is 1. The largest absolute Gasteiger partial charge is 0.478 e. The molecule has 0 spiro atoms. The number of aromatic carboxylic acids is 1. The number of amides is 2. The van der Waals surface area contributed by atoms with Crippen molar-refractivity contribution in [1.29, 1.82) is 0 Å². The van der Waals surface area contributed by atoms with E-state index in [2.05, 4.69) is 15.6 Å². The van der Waals surface area contributed by atoms with Gasteiger partial charge in [-0.15, -0.1) is 11.8 Å². The summed E-state index contributed by atoms with van der Waals surface area (Å²) in [5.74, 6) is -1.36. The number of thioether (sulfide) groups is 1. The fraction of sp³-hybridized carbons (Fsp3) is 0.278. The molecule has 48 heavy (non-hydrogen) atoms. The van der Waals surface area contributed by atoms with Crippen LogP contribution in [0.4, 0.5) is 10.5 Å². The highest BCUT2D eigenvalue weighted by Crippen LogP contribution is 2.43. The van der Waals surface area contributed by atoms with Crippen molar-refractivity contribution >= 4 is 35.4 Å². The highest BCUT2D eigenvalue weighted by atomic mass is 32.2. The second-order valence-corrected chi connectivity index (χ2v) is 12.3. The number of urea groups is 1. The van der Waals surface area contributed by atoms with Crippen LogP contribution in [-0.4, -0.2) is 58.2 Å². The second kappa shape index (κ2) is 16.4. The van der Waals surface area contributed by atoms with Gasteiger partial charge in [0, 0.05) is 35.5 Å². The van der Waals surface area contributed by atoms with Crippen molar-refractivity contribution in [3.8, 4) is 0 Å². The summed E-state index contributed by atoms with van der Waals surface area (Å²) >= 11 is 1.30. The SMILES string of the molecule is COC(=O)[C@H](Cc1ccccc1)NC(=O)Nc1cccc([C@@H]2O[C@H](CSc3ncccc3C(=O)O)[C@H](C)[C@H](c3ccc(CO)cc3)O2)c1. The second-order valence-electron chi connectivity index (χ2n) is 11.3. The number of carboxylic acid groups (broad SMARTS) is 1. The molecule has 5 atom stereocenters. The van der Waals surface area contributed by atoms with Gasteiger partial charge in [-0.1, -0.05) is 73.7 Å². The van der Waals surface area contributed by atoms with E-state index >= 15 is 0 Å². The van der Waals surface area contributed by atoms with Gasteiger partial charge >= 0.3 is 18.0 Å². The van der Waals surface area contributed by atoms with E-state index in [0.29, 0.717) is 22.0 Å². The molecule has 0 radical (unpaired) electrons. The molecule has 0 bridgehead atoms. The van der Waals surface area contributed by atoms with Crippen molar-refractivity contribution in [2.24, 2.45) is 5.92 Å². The number of aliphatic hydroxyl groups is 1. The quantitative estimate of drug-likeness (QED) is 0.108. The number of ether oxygens (including phenoxy) is 3. The van der Waals surface area contributed by atoms with Crippen molar-refractivity contribution < 1.29 is 38.8 Å². The molecular weight excluding hydrogens is 634 g/mol. The lowest BCUT2D eigenvalue weighted by molar-refractivity contribution is -0.268. The molecule has 3 aromatic carbocycles. The topological polar surface area (TPSA) is 156 Å². The van der Waals surface area contributed by atoms with Crippen LogP contribution >= 0.6 is 11.8 Å². The van der Waals surface area contributed by atoms with Crippen molar-refractivity contribution in [3.05, 3.63) is 125 Å². The van der Waals surface area contributed by atoms with Crippen LogP contribution < -0.4 is 10.6 Å². The number of benzene rings is 3. The zero-order valence-electron chi connectivity index (χ0n) is 26.4. The molecule has 0 unspecified atom stereocenters. The number of methoxy groups -OCH3 is 1. The van der Waals surface area contributed by atoms with Gasteiger partial charge in [-0.3, -0.25) is 0 Å². The highest BCUT2D eigenvalue weighted by Gasteiger charge is 2.38. The third-order valence-electron chi connectivity index (χ3n) is 8.00. The van der Waals surface area contributed by atoms with Crippen LogP contribution in [0.3, 0.4) is 0 Å². The van der Waals surface area contributed by atoms with Gasteiger partial charge in [0.15, 0.2) is 6.29 Å².